The van der Waals surface area contributed by atoms with Crippen LogP contribution in [0.5, 0.6) is 5.75 Å². The number of ether oxygens (including phenoxy) is 1. The van der Waals surface area contributed by atoms with Crippen molar-refractivity contribution in [1.82, 2.24) is 0 Å². The van der Waals surface area contributed by atoms with Crippen molar-refractivity contribution < 1.29 is 22.3 Å². The number of hydrogen-bond acceptors (Lipinski definition) is 1. The van der Waals surface area contributed by atoms with Gasteiger partial charge in [-0.3, -0.25) is 0 Å². The highest BCUT2D eigenvalue weighted by Gasteiger charge is 2.25. The van der Waals surface area contributed by atoms with Crippen molar-refractivity contribution in [2.75, 3.05) is 0 Å². The first-order chi connectivity index (χ1) is 16.0. The first-order valence-electron chi connectivity index (χ1n) is 13.1. The minimum atomic E-state index is -3.24. The van der Waals surface area contributed by atoms with Gasteiger partial charge < -0.3 is 4.74 Å². The third-order valence-corrected chi connectivity index (χ3v) is 7.80. The highest BCUT2D eigenvalue weighted by molar-refractivity contribution is 5.33. The molecule has 2 saturated carbocycles. The molecule has 1 aromatic rings. The molecule has 0 bridgehead atoms. The van der Waals surface area contributed by atoms with E-state index in [0.717, 1.165) is 56.1 Å². The Morgan fingerprint density at radius 2 is 1.48 bits per heavy atom. The molecule has 0 spiro atoms. The lowest BCUT2D eigenvalue weighted by molar-refractivity contribution is -0.0546. The van der Waals surface area contributed by atoms with E-state index in [2.05, 4.69) is 23.8 Å². The first-order valence-corrected chi connectivity index (χ1v) is 13.1. The topological polar surface area (TPSA) is 9.23 Å². The zero-order valence-corrected chi connectivity index (χ0v) is 20.0. The quantitative estimate of drug-likeness (QED) is 0.178. The maximum atomic E-state index is 14.0. The molecule has 0 aromatic heterocycles. The van der Waals surface area contributed by atoms with Crippen LogP contribution in [0.25, 0.3) is 0 Å². The number of halogens is 4. The standard InChI is InChI=1S/C28H40F4O/c1-2-3-4-7-20-10-12-21(13-11-20)8-5-6-9-22-14-16-23(17-15-22)24-18-25(29)27(26(30)19-24)33-28(31)32/h5,8,18-23,28H,2-4,6-7,9-17H2,1H3/b8-5+. The Bertz CT molecular complexity index is 708. The fraction of sp³-hybridized carbons (Fsp3) is 0.714. The summed E-state index contributed by atoms with van der Waals surface area (Å²) in [5.74, 6) is -0.652. The van der Waals surface area contributed by atoms with Crippen LogP contribution in [0.2, 0.25) is 0 Å². The summed E-state index contributed by atoms with van der Waals surface area (Å²) in [6, 6.07) is 2.32. The minimum absolute atomic E-state index is 0.0777. The highest BCUT2D eigenvalue weighted by atomic mass is 19.3. The van der Waals surface area contributed by atoms with Gasteiger partial charge in [-0.1, -0.05) is 44.8 Å². The van der Waals surface area contributed by atoms with E-state index >= 15 is 0 Å². The van der Waals surface area contributed by atoms with E-state index in [1.54, 1.807) is 0 Å². The van der Waals surface area contributed by atoms with Gasteiger partial charge >= 0.3 is 6.61 Å². The second-order valence-corrected chi connectivity index (χ2v) is 10.2. The fourth-order valence-corrected chi connectivity index (χ4v) is 5.77. The number of rotatable bonds is 11. The lowest BCUT2D eigenvalue weighted by Crippen LogP contribution is -2.14. The summed E-state index contributed by atoms with van der Waals surface area (Å²) in [5.41, 5.74) is 0.551. The van der Waals surface area contributed by atoms with E-state index in [-0.39, 0.29) is 5.92 Å². The summed E-state index contributed by atoms with van der Waals surface area (Å²) in [6.07, 6.45) is 21.9. The molecule has 0 N–H and O–H groups in total. The Morgan fingerprint density at radius 1 is 0.879 bits per heavy atom. The zero-order valence-electron chi connectivity index (χ0n) is 20.0. The normalized spacial score (nSPS) is 26.2. The third kappa shape index (κ3) is 8.33. The Morgan fingerprint density at radius 3 is 2.09 bits per heavy atom. The minimum Gasteiger partial charge on any atom is -0.429 e. The number of allylic oxidation sites excluding steroid dienone is 2. The molecule has 5 heteroatoms. The second kappa shape index (κ2) is 13.4. The van der Waals surface area contributed by atoms with Crippen LogP contribution in [0.1, 0.15) is 108 Å². The van der Waals surface area contributed by atoms with Crippen molar-refractivity contribution in [2.45, 2.75) is 109 Å². The van der Waals surface area contributed by atoms with Crippen molar-refractivity contribution in [3.63, 3.8) is 0 Å². The summed E-state index contributed by atoms with van der Waals surface area (Å²) in [5, 5.41) is 0. The number of unbranched alkanes of at least 4 members (excludes halogenated alkanes) is 2. The summed E-state index contributed by atoms with van der Waals surface area (Å²) in [4.78, 5) is 0. The van der Waals surface area contributed by atoms with Gasteiger partial charge in [0, 0.05) is 0 Å². The molecule has 1 nitrogen and oxygen atoms in total. The number of benzene rings is 1. The summed E-state index contributed by atoms with van der Waals surface area (Å²) in [7, 11) is 0. The molecule has 0 atom stereocenters. The van der Waals surface area contributed by atoms with Gasteiger partial charge in [-0.2, -0.15) is 8.78 Å². The molecule has 2 aliphatic carbocycles. The van der Waals surface area contributed by atoms with Gasteiger partial charge in [0.05, 0.1) is 0 Å². The van der Waals surface area contributed by atoms with Crippen molar-refractivity contribution >= 4 is 0 Å². The summed E-state index contributed by atoms with van der Waals surface area (Å²) < 4.78 is 56.7. The molecular formula is C28H40F4O. The van der Waals surface area contributed by atoms with Crippen LogP contribution in [-0.2, 0) is 0 Å². The molecule has 0 unspecified atom stereocenters. The Kier molecular flexibility index (Phi) is 10.6. The van der Waals surface area contributed by atoms with Crippen LogP contribution in [-0.4, -0.2) is 6.61 Å². The van der Waals surface area contributed by atoms with Gasteiger partial charge in [-0.15, -0.1) is 0 Å². The van der Waals surface area contributed by atoms with Crippen molar-refractivity contribution in [3.05, 3.63) is 41.5 Å². The predicted octanol–water partition coefficient (Wildman–Crippen LogP) is 9.56. The number of hydrogen-bond donors (Lipinski definition) is 0. The van der Waals surface area contributed by atoms with E-state index in [4.69, 9.17) is 0 Å². The molecule has 0 heterocycles. The molecule has 0 aliphatic heterocycles. The third-order valence-electron chi connectivity index (χ3n) is 7.80. The Hall–Kier alpha value is -1.52. The van der Waals surface area contributed by atoms with Crippen LogP contribution < -0.4 is 4.74 Å². The summed E-state index contributed by atoms with van der Waals surface area (Å²) in [6.45, 7) is -0.972. The largest absolute Gasteiger partial charge is 0.429 e. The fourth-order valence-electron chi connectivity index (χ4n) is 5.77. The molecule has 186 valence electrons. The van der Waals surface area contributed by atoms with Crippen LogP contribution in [0.4, 0.5) is 17.6 Å². The molecule has 0 saturated heterocycles. The second-order valence-electron chi connectivity index (χ2n) is 10.2. The van der Waals surface area contributed by atoms with Gasteiger partial charge in [0.15, 0.2) is 17.4 Å². The van der Waals surface area contributed by atoms with E-state index in [1.165, 1.54) is 57.8 Å². The van der Waals surface area contributed by atoms with Crippen molar-refractivity contribution in [2.24, 2.45) is 17.8 Å². The molecule has 3 rings (SSSR count). The molecule has 33 heavy (non-hydrogen) atoms. The van der Waals surface area contributed by atoms with E-state index in [9.17, 15) is 17.6 Å². The van der Waals surface area contributed by atoms with Crippen LogP contribution in [0, 0.1) is 29.4 Å². The van der Waals surface area contributed by atoms with Crippen molar-refractivity contribution in [3.8, 4) is 5.75 Å². The average Bonchev–Trinajstić information content (AvgIpc) is 2.80. The average molecular weight is 469 g/mol. The molecule has 0 radical (unpaired) electrons. The predicted molar refractivity (Wildman–Crippen MR) is 126 cm³/mol. The van der Waals surface area contributed by atoms with Crippen LogP contribution in [0.15, 0.2) is 24.3 Å². The van der Waals surface area contributed by atoms with Gasteiger partial charge in [0.1, 0.15) is 0 Å². The lowest BCUT2D eigenvalue weighted by atomic mass is 9.77. The van der Waals surface area contributed by atoms with E-state index in [0.29, 0.717) is 11.5 Å². The van der Waals surface area contributed by atoms with Crippen LogP contribution >= 0.6 is 0 Å². The summed E-state index contributed by atoms with van der Waals surface area (Å²) >= 11 is 0. The maximum Gasteiger partial charge on any atom is 0.387 e. The zero-order chi connectivity index (χ0) is 23.6. The van der Waals surface area contributed by atoms with Crippen molar-refractivity contribution in [1.29, 1.82) is 0 Å². The first kappa shape index (κ1) is 26.1. The molecule has 2 fully saturated rings. The highest BCUT2D eigenvalue weighted by Crippen LogP contribution is 2.39. The monoisotopic (exact) mass is 468 g/mol. The Balaban J connectivity index is 1.35. The van der Waals surface area contributed by atoms with Gasteiger partial charge in [0.2, 0.25) is 0 Å². The molecule has 2 aliphatic rings. The lowest BCUT2D eigenvalue weighted by Gasteiger charge is -2.29. The van der Waals surface area contributed by atoms with E-state index < -0.39 is 24.0 Å². The Labute approximate surface area is 197 Å². The van der Waals surface area contributed by atoms with Gasteiger partial charge in [0.25, 0.3) is 0 Å². The molecule has 1 aromatic carbocycles. The number of alkyl halides is 2. The SMILES string of the molecule is CCCCCC1CCC(/C=C/CCC2CCC(c3cc(F)c(OC(F)F)c(F)c3)CC2)CC1. The van der Waals surface area contributed by atoms with Gasteiger partial charge in [-0.25, -0.2) is 8.78 Å². The van der Waals surface area contributed by atoms with Gasteiger partial charge in [-0.05, 0) is 106 Å². The molecular weight excluding hydrogens is 428 g/mol. The smallest absolute Gasteiger partial charge is 0.387 e. The van der Waals surface area contributed by atoms with E-state index in [1.807, 2.05) is 0 Å². The maximum absolute atomic E-state index is 14.0. The van der Waals surface area contributed by atoms with Crippen LogP contribution in [0.3, 0.4) is 0 Å². The molecule has 0 amide bonds.